The van der Waals surface area contributed by atoms with E-state index < -0.39 is 178 Å². The summed E-state index contributed by atoms with van der Waals surface area (Å²) in [6, 6.07) is -5.48. The Balaban J connectivity index is 1.42. The highest BCUT2D eigenvalue weighted by Crippen LogP contribution is 2.42. The van der Waals surface area contributed by atoms with Gasteiger partial charge < -0.3 is 9.13 Å². The van der Waals surface area contributed by atoms with Crippen molar-refractivity contribution < 1.29 is 32.9 Å². The molecule has 2 heteroatoms. The Morgan fingerprint density at radius 2 is 0.700 bits per heavy atom. The predicted molar refractivity (Wildman–Crippen MR) is 211 cm³/mol. The molecular formula is C48H32N2. The molecule has 0 unspecified atom stereocenters. The lowest BCUT2D eigenvalue weighted by Crippen LogP contribution is -2.01. The number of fused-ring (bicyclic) bond motifs is 6. The second kappa shape index (κ2) is 11.5. The third kappa shape index (κ3) is 4.43. The molecule has 50 heavy (non-hydrogen) atoms. The lowest BCUT2D eigenvalue weighted by Gasteiger charge is -2.18. The van der Waals surface area contributed by atoms with Crippen molar-refractivity contribution >= 4 is 43.6 Å². The van der Waals surface area contributed by atoms with Crippen LogP contribution in [0.5, 0.6) is 0 Å². The molecule has 2 nitrogen and oxygen atoms in total. The first kappa shape index (κ1) is 13.3. The molecule has 0 saturated carbocycles. The molecule has 0 bridgehead atoms. The molecule has 8 aromatic carbocycles. The maximum Gasteiger partial charge on any atom is 0.0645 e. The standard InChI is InChI=1S/C48H32N2/c1-3-15-33(16-4-1)35-27-29-47-41(31-35)42-32-36(34-17-5-2-6-18-34)28-30-48(42)50(47)46-26-14-10-22-40(46)39-21-9-13-25-45(39)49-43-23-11-7-19-37(43)38-20-8-12-24-44(38)49/h1-32H/i1D,2D,3D,4D,5D,6D,7D,8D,11D,12D,15D,16D,17D,18D,19D,20D,23D,24D,27D,28D,29D,30D,31D,32D. The Morgan fingerprint density at radius 1 is 0.320 bits per heavy atom. The van der Waals surface area contributed by atoms with Crippen LogP contribution >= 0.6 is 0 Å². The van der Waals surface area contributed by atoms with Gasteiger partial charge in [-0.25, -0.2) is 0 Å². The van der Waals surface area contributed by atoms with E-state index in [1.807, 2.05) is 0 Å². The Morgan fingerprint density at radius 3 is 1.16 bits per heavy atom. The molecule has 0 saturated heterocycles. The molecule has 0 aliphatic carbocycles. The van der Waals surface area contributed by atoms with Gasteiger partial charge in [-0.1, -0.05) is 145 Å². The fourth-order valence-corrected chi connectivity index (χ4v) is 6.30. The summed E-state index contributed by atoms with van der Waals surface area (Å²) in [6.07, 6.45) is 0. The molecule has 0 spiro atoms. The van der Waals surface area contributed by atoms with Crippen molar-refractivity contribution in [1.82, 2.24) is 9.13 Å². The third-order valence-electron chi connectivity index (χ3n) is 8.40. The number of nitrogens with zero attached hydrogens (tertiary/aromatic N) is 2. The number of aromatic nitrogens is 2. The highest BCUT2D eigenvalue weighted by molar-refractivity contribution is 6.13. The molecule has 0 aliphatic heterocycles. The van der Waals surface area contributed by atoms with Crippen molar-refractivity contribution in [1.29, 1.82) is 0 Å². The predicted octanol–water partition coefficient (Wildman–Crippen LogP) is 12.9. The lowest BCUT2D eigenvalue weighted by atomic mass is 10.0. The quantitative estimate of drug-likeness (QED) is 0.174. The van der Waals surface area contributed by atoms with E-state index in [0.29, 0.717) is 0 Å². The molecule has 0 amide bonds. The van der Waals surface area contributed by atoms with Crippen molar-refractivity contribution in [2.75, 3.05) is 0 Å². The fraction of sp³-hybridized carbons (Fsp3) is 0. The van der Waals surface area contributed by atoms with E-state index in [1.165, 1.54) is 27.3 Å². The largest absolute Gasteiger partial charge is 0.309 e. The topological polar surface area (TPSA) is 9.86 Å². The fourth-order valence-electron chi connectivity index (χ4n) is 6.30. The van der Waals surface area contributed by atoms with Gasteiger partial charge in [0.05, 0.1) is 66.3 Å². The van der Waals surface area contributed by atoms with E-state index in [4.69, 9.17) is 24.7 Å². The van der Waals surface area contributed by atoms with E-state index in [9.17, 15) is 8.22 Å². The molecule has 0 fully saturated rings. The first-order chi connectivity index (χ1) is 34.8. The van der Waals surface area contributed by atoms with Gasteiger partial charge in [0.2, 0.25) is 0 Å². The molecule has 0 atom stereocenters. The van der Waals surface area contributed by atoms with Gasteiger partial charge in [0.15, 0.2) is 0 Å². The summed E-state index contributed by atoms with van der Waals surface area (Å²) in [7, 11) is 0. The summed E-state index contributed by atoms with van der Waals surface area (Å²) >= 11 is 0. The molecule has 0 aliphatic rings. The van der Waals surface area contributed by atoms with E-state index >= 15 is 0 Å². The summed E-state index contributed by atoms with van der Waals surface area (Å²) in [5.74, 6) is 0. The van der Waals surface area contributed by atoms with Gasteiger partial charge in [0.25, 0.3) is 0 Å². The Labute approximate surface area is 324 Å². The third-order valence-corrected chi connectivity index (χ3v) is 8.40. The summed E-state index contributed by atoms with van der Waals surface area (Å²) in [4.78, 5) is 0. The number of rotatable bonds is 5. The van der Waals surface area contributed by atoms with Crippen molar-refractivity contribution in [3.63, 3.8) is 0 Å². The van der Waals surface area contributed by atoms with Crippen molar-refractivity contribution in [2.45, 2.75) is 0 Å². The van der Waals surface area contributed by atoms with Gasteiger partial charge in [-0.3, -0.25) is 0 Å². The highest BCUT2D eigenvalue weighted by Gasteiger charge is 2.20. The first-order valence-electron chi connectivity index (χ1n) is 27.2. The second-order valence-electron chi connectivity index (χ2n) is 11.1. The second-order valence-corrected chi connectivity index (χ2v) is 11.1. The SMILES string of the molecule is [2H]c1c([2H])c([2H])c(-c2c([2H])c([2H])c3c(c2[2H])c2c([2H])c(-c4c([2H])c([2H])c([2H])c([2H])c4[2H])c([2H])c([2H])c2n3-c2ccccc2-c2ccccc2-n2c3c([2H])c([2H])c([2H])c([2H])c3c3c([2H])c([2H])c([2H])c([2H])c32)c([2H])c1[2H]. The number of para-hydroxylation sites is 4. The van der Waals surface area contributed by atoms with Gasteiger partial charge in [-0.05, 0) is 70.6 Å². The van der Waals surface area contributed by atoms with Gasteiger partial charge in [0.1, 0.15) is 0 Å². The minimum Gasteiger partial charge on any atom is -0.309 e. The Hall–Kier alpha value is -6.64. The molecule has 2 aromatic heterocycles. The smallest absolute Gasteiger partial charge is 0.0645 e. The van der Waals surface area contributed by atoms with Crippen LogP contribution in [0.2, 0.25) is 0 Å². The number of hydrogen-bond acceptors (Lipinski definition) is 0. The molecule has 2 heterocycles. The van der Waals surface area contributed by atoms with Crippen LogP contribution in [-0.2, 0) is 0 Å². The van der Waals surface area contributed by atoms with Crippen LogP contribution in [0.15, 0.2) is 194 Å². The van der Waals surface area contributed by atoms with Gasteiger partial charge in [0, 0.05) is 32.7 Å². The van der Waals surface area contributed by atoms with Crippen LogP contribution in [0.25, 0.3) is 88.4 Å². The molecule has 10 aromatic rings. The van der Waals surface area contributed by atoms with Crippen LogP contribution in [0.3, 0.4) is 0 Å². The highest BCUT2D eigenvalue weighted by atomic mass is 15.0. The number of benzene rings is 8. The van der Waals surface area contributed by atoms with E-state index in [1.54, 1.807) is 30.3 Å². The van der Waals surface area contributed by atoms with Crippen LogP contribution in [0.1, 0.15) is 32.9 Å². The zero-order valence-corrected chi connectivity index (χ0v) is 25.5. The summed E-state index contributed by atoms with van der Waals surface area (Å²) < 4.78 is 217. The average Bonchev–Trinajstić information content (AvgIpc) is 3.96. The number of hydrogen-bond donors (Lipinski definition) is 0. The van der Waals surface area contributed by atoms with E-state index in [0.717, 1.165) is 0 Å². The monoisotopic (exact) mass is 660 g/mol. The minimum absolute atomic E-state index is 0.00948. The van der Waals surface area contributed by atoms with E-state index in [-0.39, 0.29) is 55.3 Å². The Kier molecular flexibility index (Phi) is 3.07. The molecule has 234 valence electrons. The summed E-state index contributed by atoms with van der Waals surface area (Å²) in [6.45, 7) is 0. The van der Waals surface area contributed by atoms with Crippen LogP contribution in [0, 0.1) is 0 Å². The zero-order valence-electron chi connectivity index (χ0n) is 49.5. The van der Waals surface area contributed by atoms with Gasteiger partial charge >= 0.3 is 0 Å². The molecular weight excluding hydrogens is 605 g/mol. The first-order valence-corrected chi connectivity index (χ1v) is 15.2. The van der Waals surface area contributed by atoms with E-state index in [2.05, 4.69) is 0 Å². The van der Waals surface area contributed by atoms with Gasteiger partial charge in [-0.15, -0.1) is 0 Å². The lowest BCUT2D eigenvalue weighted by molar-refractivity contribution is 1.16. The van der Waals surface area contributed by atoms with Crippen molar-refractivity contribution in [3.05, 3.63) is 194 Å². The summed E-state index contributed by atoms with van der Waals surface area (Å²) in [5, 5.41) is -1.26. The molecule has 0 N–H and O–H groups in total. The summed E-state index contributed by atoms with van der Waals surface area (Å²) in [5.41, 5.74) is -3.28. The average molecular weight is 661 g/mol. The zero-order chi connectivity index (χ0) is 53.9. The van der Waals surface area contributed by atoms with Crippen LogP contribution < -0.4 is 0 Å². The maximum atomic E-state index is 9.85. The normalized spacial score (nSPS) is 18.3. The van der Waals surface area contributed by atoms with Gasteiger partial charge in [-0.2, -0.15) is 0 Å². The van der Waals surface area contributed by atoms with Crippen LogP contribution in [0.4, 0.5) is 0 Å². The van der Waals surface area contributed by atoms with Crippen molar-refractivity contribution in [2.24, 2.45) is 0 Å². The van der Waals surface area contributed by atoms with Crippen molar-refractivity contribution in [3.8, 4) is 44.8 Å². The Bertz CT molecular complexity index is 3970. The molecule has 0 radical (unpaired) electrons. The maximum absolute atomic E-state index is 9.85. The minimum atomic E-state index is -0.831. The van der Waals surface area contributed by atoms with Crippen LogP contribution in [-0.4, -0.2) is 9.13 Å². The molecule has 10 rings (SSSR count).